The van der Waals surface area contributed by atoms with Crippen LogP contribution in [0.25, 0.3) is 17.0 Å². The maximum absolute atomic E-state index is 12.2. The maximum atomic E-state index is 12.2. The predicted octanol–water partition coefficient (Wildman–Crippen LogP) is 3.47. The van der Waals surface area contributed by atoms with E-state index >= 15 is 0 Å². The molecule has 0 radical (unpaired) electrons. The molecule has 3 rings (SSSR count). The van der Waals surface area contributed by atoms with Crippen molar-refractivity contribution in [2.24, 2.45) is 5.92 Å². The predicted molar refractivity (Wildman–Crippen MR) is 93.7 cm³/mol. The quantitative estimate of drug-likeness (QED) is 0.780. The van der Waals surface area contributed by atoms with Gasteiger partial charge in [0.1, 0.15) is 5.65 Å². The van der Waals surface area contributed by atoms with E-state index in [0.29, 0.717) is 5.95 Å². The van der Waals surface area contributed by atoms with Crippen LogP contribution >= 0.6 is 0 Å². The number of aromatic nitrogens is 4. The van der Waals surface area contributed by atoms with Gasteiger partial charge >= 0.3 is 0 Å². The van der Waals surface area contributed by atoms with Gasteiger partial charge in [0.15, 0.2) is 0 Å². The highest BCUT2D eigenvalue weighted by Gasteiger charge is 2.17. The lowest BCUT2D eigenvalue weighted by atomic mass is 10.0. The molecule has 0 spiro atoms. The van der Waals surface area contributed by atoms with E-state index in [0.717, 1.165) is 35.6 Å². The van der Waals surface area contributed by atoms with E-state index in [4.69, 9.17) is 0 Å². The summed E-state index contributed by atoms with van der Waals surface area (Å²) in [6.45, 7) is 5.96. The lowest BCUT2D eigenvalue weighted by Gasteiger charge is -2.12. The molecule has 6 nitrogen and oxygen atoms in total. The van der Waals surface area contributed by atoms with E-state index in [1.807, 2.05) is 55.6 Å². The molecule has 0 unspecified atom stereocenters. The normalized spacial score (nSPS) is 11.2. The van der Waals surface area contributed by atoms with Crippen LogP contribution in [0.5, 0.6) is 0 Å². The van der Waals surface area contributed by atoms with Gasteiger partial charge in [-0.05, 0) is 38.0 Å². The van der Waals surface area contributed by atoms with E-state index in [9.17, 15) is 4.79 Å². The minimum absolute atomic E-state index is 0.0187. The van der Waals surface area contributed by atoms with Crippen molar-refractivity contribution in [2.45, 2.75) is 33.6 Å². The zero-order valence-corrected chi connectivity index (χ0v) is 14.2. The first-order valence-corrected chi connectivity index (χ1v) is 8.22. The molecule has 3 aromatic rings. The number of fused-ring (bicyclic) bond motifs is 1. The van der Waals surface area contributed by atoms with E-state index in [2.05, 4.69) is 20.3 Å². The monoisotopic (exact) mass is 323 g/mol. The number of anilines is 1. The molecule has 3 aromatic heterocycles. The Hall–Kier alpha value is -2.76. The number of carbonyl (C=O) groups is 1. The van der Waals surface area contributed by atoms with Crippen molar-refractivity contribution in [3.05, 3.63) is 42.4 Å². The van der Waals surface area contributed by atoms with Gasteiger partial charge < -0.3 is 0 Å². The number of imidazole rings is 1. The largest absolute Gasteiger partial charge is 0.298 e. The summed E-state index contributed by atoms with van der Waals surface area (Å²) in [7, 11) is 0. The third kappa shape index (κ3) is 2.99. The summed E-state index contributed by atoms with van der Waals surface area (Å²) in [6.07, 6.45) is 5.21. The minimum atomic E-state index is -0.0352. The number of nitrogens with zero attached hydrogens (tertiary/aromatic N) is 4. The fraction of sp³-hybridized carbons (Fsp3) is 0.333. The van der Waals surface area contributed by atoms with Gasteiger partial charge in [-0.1, -0.05) is 19.9 Å². The Morgan fingerprint density at radius 1 is 1.21 bits per heavy atom. The zero-order valence-electron chi connectivity index (χ0n) is 14.2. The molecule has 0 aliphatic carbocycles. The van der Waals surface area contributed by atoms with Gasteiger partial charge in [-0.15, -0.1) is 0 Å². The highest BCUT2D eigenvalue weighted by Crippen LogP contribution is 2.23. The first-order chi connectivity index (χ1) is 11.6. The third-order valence-corrected chi connectivity index (χ3v) is 4.19. The number of hydrogen-bond acceptors (Lipinski definition) is 4. The smallest absolute Gasteiger partial charge is 0.229 e. The fourth-order valence-corrected chi connectivity index (χ4v) is 2.84. The SMILES string of the molecule is CCC(CC)C(=O)Nc1nccc(-c2c(C)nc3ccccn23)n1. The van der Waals surface area contributed by atoms with Crippen LogP contribution in [0.4, 0.5) is 5.95 Å². The summed E-state index contributed by atoms with van der Waals surface area (Å²) in [5.74, 6) is 0.275. The Kier molecular flexibility index (Phi) is 4.55. The van der Waals surface area contributed by atoms with Crippen LogP contribution in [0.1, 0.15) is 32.4 Å². The third-order valence-electron chi connectivity index (χ3n) is 4.19. The number of hydrogen-bond donors (Lipinski definition) is 1. The summed E-state index contributed by atoms with van der Waals surface area (Å²) in [5, 5.41) is 2.82. The Balaban J connectivity index is 1.96. The van der Waals surface area contributed by atoms with Crippen LogP contribution in [-0.4, -0.2) is 25.3 Å². The summed E-state index contributed by atoms with van der Waals surface area (Å²) < 4.78 is 1.99. The molecule has 0 aliphatic heterocycles. The average Bonchev–Trinajstić information content (AvgIpc) is 2.92. The highest BCUT2D eigenvalue weighted by atomic mass is 16.2. The summed E-state index contributed by atoms with van der Waals surface area (Å²) in [6, 6.07) is 7.69. The van der Waals surface area contributed by atoms with Gasteiger partial charge in [0.2, 0.25) is 11.9 Å². The first kappa shape index (κ1) is 16.1. The minimum Gasteiger partial charge on any atom is -0.298 e. The van der Waals surface area contributed by atoms with E-state index in [-0.39, 0.29) is 11.8 Å². The van der Waals surface area contributed by atoms with Crippen molar-refractivity contribution >= 4 is 17.5 Å². The number of pyridine rings is 1. The second-order valence-electron chi connectivity index (χ2n) is 5.74. The number of rotatable bonds is 5. The Labute approximate surface area is 141 Å². The lowest BCUT2D eigenvalue weighted by molar-refractivity contribution is -0.120. The molecule has 0 saturated heterocycles. The van der Waals surface area contributed by atoms with Crippen molar-refractivity contribution in [1.29, 1.82) is 0 Å². The molecule has 3 heterocycles. The molecular formula is C18H21N5O. The molecule has 0 bridgehead atoms. The zero-order chi connectivity index (χ0) is 17.1. The molecule has 0 aliphatic rings. The summed E-state index contributed by atoms with van der Waals surface area (Å²) in [5.41, 5.74) is 3.40. The van der Waals surface area contributed by atoms with Crippen LogP contribution in [0.2, 0.25) is 0 Å². The second-order valence-corrected chi connectivity index (χ2v) is 5.74. The van der Waals surface area contributed by atoms with E-state index in [1.54, 1.807) is 6.20 Å². The van der Waals surface area contributed by atoms with Crippen molar-refractivity contribution in [3.63, 3.8) is 0 Å². The lowest BCUT2D eigenvalue weighted by Crippen LogP contribution is -2.22. The first-order valence-electron chi connectivity index (χ1n) is 8.22. The Morgan fingerprint density at radius 2 is 2.00 bits per heavy atom. The molecule has 124 valence electrons. The van der Waals surface area contributed by atoms with Crippen LogP contribution in [0.3, 0.4) is 0 Å². The van der Waals surface area contributed by atoms with Crippen molar-refractivity contribution in [3.8, 4) is 11.4 Å². The van der Waals surface area contributed by atoms with Gasteiger partial charge in [-0.25, -0.2) is 15.0 Å². The summed E-state index contributed by atoms with van der Waals surface area (Å²) in [4.78, 5) is 25.5. The van der Waals surface area contributed by atoms with Crippen molar-refractivity contribution in [2.75, 3.05) is 5.32 Å². The molecule has 24 heavy (non-hydrogen) atoms. The molecule has 1 amide bonds. The van der Waals surface area contributed by atoms with Crippen LogP contribution in [-0.2, 0) is 4.79 Å². The molecule has 6 heteroatoms. The Morgan fingerprint density at radius 3 is 2.75 bits per heavy atom. The van der Waals surface area contributed by atoms with Crippen molar-refractivity contribution in [1.82, 2.24) is 19.4 Å². The fourth-order valence-electron chi connectivity index (χ4n) is 2.84. The number of amides is 1. The van der Waals surface area contributed by atoms with E-state index in [1.165, 1.54) is 0 Å². The van der Waals surface area contributed by atoms with Gasteiger partial charge in [-0.3, -0.25) is 14.5 Å². The van der Waals surface area contributed by atoms with Gasteiger partial charge in [0.25, 0.3) is 0 Å². The molecule has 1 N–H and O–H groups in total. The number of aryl methyl sites for hydroxylation is 1. The standard InChI is InChI=1S/C18H21N5O/c1-4-13(5-2)17(24)22-18-19-10-9-14(21-18)16-12(3)20-15-8-6-7-11-23(15)16/h6-11,13H,4-5H2,1-3H3,(H,19,21,22,24). The van der Waals surface area contributed by atoms with Gasteiger partial charge in [-0.2, -0.15) is 0 Å². The molecule has 0 atom stereocenters. The molecule has 0 saturated carbocycles. The summed E-state index contributed by atoms with van der Waals surface area (Å²) >= 11 is 0. The maximum Gasteiger partial charge on any atom is 0.229 e. The van der Waals surface area contributed by atoms with Crippen LogP contribution < -0.4 is 5.32 Å². The molecule has 0 aromatic carbocycles. The van der Waals surface area contributed by atoms with Crippen molar-refractivity contribution < 1.29 is 4.79 Å². The number of carbonyl (C=O) groups excluding carboxylic acids is 1. The number of nitrogens with one attached hydrogen (secondary N) is 1. The van der Waals surface area contributed by atoms with Gasteiger partial charge in [0.05, 0.1) is 17.1 Å². The van der Waals surface area contributed by atoms with Crippen LogP contribution in [0.15, 0.2) is 36.7 Å². The molecule has 0 fully saturated rings. The van der Waals surface area contributed by atoms with Crippen LogP contribution in [0, 0.1) is 12.8 Å². The average molecular weight is 323 g/mol. The Bertz CT molecular complexity index is 867. The highest BCUT2D eigenvalue weighted by molar-refractivity contribution is 5.91. The van der Waals surface area contributed by atoms with Gasteiger partial charge in [0, 0.05) is 18.3 Å². The topological polar surface area (TPSA) is 72.2 Å². The molecular weight excluding hydrogens is 302 g/mol. The second kappa shape index (κ2) is 6.78. The van der Waals surface area contributed by atoms with E-state index < -0.39 is 0 Å².